The van der Waals surface area contributed by atoms with E-state index < -0.39 is 0 Å². The molecule has 1 aromatic carbocycles. The lowest BCUT2D eigenvalue weighted by atomic mass is 10.3. The summed E-state index contributed by atoms with van der Waals surface area (Å²) in [4.78, 5) is 18.3. The van der Waals surface area contributed by atoms with Crippen molar-refractivity contribution in [2.75, 3.05) is 6.61 Å². The number of aromatic nitrogens is 1. The maximum absolute atomic E-state index is 11.8. The summed E-state index contributed by atoms with van der Waals surface area (Å²) >= 11 is 1.67. The number of carbonyl (C=O) groups is 1. The van der Waals surface area contributed by atoms with E-state index >= 15 is 0 Å². The molecule has 0 aliphatic heterocycles. The Balaban J connectivity index is 1.44. The lowest BCUT2D eigenvalue weighted by Gasteiger charge is -2.08. The topological polar surface area (TPSA) is 60.5 Å². The van der Waals surface area contributed by atoms with Gasteiger partial charge in [-0.05, 0) is 49.4 Å². The van der Waals surface area contributed by atoms with Gasteiger partial charge >= 0.3 is 0 Å². The van der Waals surface area contributed by atoms with Crippen molar-refractivity contribution in [3.05, 3.63) is 70.5 Å². The van der Waals surface area contributed by atoms with Gasteiger partial charge < -0.3 is 14.8 Å². The van der Waals surface area contributed by atoms with Crippen molar-refractivity contribution >= 4 is 17.2 Å². The molecular formula is C19H18N2O3S. The van der Waals surface area contributed by atoms with Crippen LogP contribution in [0.25, 0.3) is 0 Å². The molecular weight excluding hydrogens is 336 g/mol. The first-order valence-corrected chi connectivity index (χ1v) is 8.64. The third kappa shape index (κ3) is 5.32. The molecule has 2 heterocycles. The Morgan fingerprint density at radius 2 is 1.88 bits per heavy atom. The molecule has 3 aromatic rings. The zero-order valence-electron chi connectivity index (χ0n) is 13.8. The van der Waals surface area contributed by atoms with E-state index in [1.165, 1.54) is 4.88 Å². The molecule has 3 rings (SSSR count). The summed E-state index contributed by atoms with van der Waals surface area (Å²) in [7, 11) is 0. The Bertz CT molecular complexity index is 816. The number of carbonyl (C=O) groups excluding carboxylic acids is 1. The van der Waals surface area contributed by atoms with Gasteiger partial charge in [0.15, 0.2) is 6.61 Å². The Hall–Kier alpha value is -2.86. The minimum atomic E-state index is -0.153. The number of pyridine rings is 1. The van der Waals surface area contributed by atoms with E-state index in [0.29, 0.717) is 23.9 Å². The molecule has 0 radical (unpaired) electrons. The van der Waals surface area contributed by atoms with Crippen molar-refractivity contribution in [3.63, 3.8) is 0 Å². The summed E-state index contributed by atoms with van der Waals surface area (Å²) in [5.74, 6) is 1.64. The quantitative estimate of drug-likeness (QED) is 0.698. The standard InChI is InChI=1S/C19H18N2O3S/c1-14-5-10-17(25-14)12-21-18(22)13-23-15-6-8-16(9-7-15)24-19-4-2-3-11-20-19/h2-11H,12-13H2,1H3,(H,21,22). The number of nitrogens with one attached hydrogen (secondary N) is 1. The van der Waals surface area contributed by atoms with Gasteiger partial charge in [0.25, 0.3) is 5.91 Å². The predicted octanol–water partition coefficient (Wildman–Crippen LogP) is 3.94. The van der Waals surface area contributed by atoms with Gasteiger partial charge in [0, 0.05) is 22.0 Å². The molecule has 0 spiro atoms. The molecule has 0 fully saturated rings. The van der Waals surface area contributed by atoms with Crippen LogP contribution in [0.4, 0.5) is 0 Å². The lowest BCUT2D eigenvalue weighted by Crippen LogP contribution is -2.28. The fraction of sp³-hybridized carbons (Fsp3) is 0.158. The van der Waals surface area contributed by atoms with Crippen LogP contribution in [-0.2, 0) is 11.3 Å². The first kappa shape index (κ1) is 17.0. The van der Waals surface area contributed by atoms with Crippen LogP contribution in [-0.4, -0.2) is 17.5 Å². The second-order valence-electron chi connectivity index (χ2n) is 5.32. The molecule has 0 saturated carbocycles. The molecule has 6 heteroatoms. The van der Waals surface area contributed by atoms with Gasteiger partial charge in [-0.25, -0.2) is 4.98 Å². The molecule has 0 aliphatic carbocycles. The number of thiophene rings is 1. The van der Waals surface area contributed by atoms with Gasteiger partial charge in [0.2, 0.25) is 5.88 Å². The van der Waals surface area contributed by atoms with E-state index in [1.54, 1.807) is 47.9 Å². The van der Waals surface area contributed by atoms with Gasteiger partial charge in [-0.3, -0.25) is 4.79 Å². The van der Waals surface area contributed by atoms with E-state index in [1.807, 2.05) is 31.2 Å². The zero-order chi connectivity index (χ0) is 17.5. The van der Waals surface area contributed by atoms with Crippen LogP contribution in [0, 0.1) is 6.92 Å². The van der Waals surface area contributed by atoms with Gasteiger partial charge in [0.1, 0.15) is 11.5 Å². The minimum Gasteiger partial charge on any atom is -0.484 e. The summed E-state index contributed by atoms with van der Waals surface area (Å²) in [6.45, 7) is 2.54. The van der Waals surface area contributed by atoms with Crippen LogP contribution >= 0.6 is 11.3 Å². The maximum atomic E-state index is 11.8. The first-order chi connectivity index (χ1) is 12.2. The molecule has 1 amide bonds. The van der Waals surface area contributed by atoms with Crippen LogP contribution < -0.4 is 14.8 Å². The summed E-state index contributed by atoms with van der Waals surface area (Å²) in [5, 5.41) is 2.84. The number of hydrogen-bond acceptors (Lipinski definition) is 5. The van der Waals surface area contributed by atoms with E-state index in [9.17, 15) is 4.79 Å². The van der Waals surface area contributed by atoms with Crippen molar-refractivity contribution < 1.29 is 14.3 Å². The normalized spacial score (nSPS) is 10.3. The third-order valence-corrected chi connectivity index (χ3v) is 4.31. The van der Waals surface area contributed by atoms with Crippen molar-refractivity contribution in [1.82, 2.24) is 10.3 Å². The summed E-state index contributed by atoms with van der Waals surface area (Å²) in [5.41, 5.74) is 0. The number of rotatable bonds is 7. The summed E-state index contributed by atoms with van der Waals surface area (Å²) in [6, 6.07) is 16.6. The van der Waals surface area contributed by atoms with E-state index in [0.717, 1.165) is 4.88 Å². The molecule has 1 N–H and O–H groups in total. The highest BCUT2D eigenvalue weighted by molar-refractivity contribution is 7.11. The van der Waals surface area contributed by atoms with E-state index in [4.69, 9.17) is 9.47 Å². The van der Waals surface area contributed by atoms with Crippen LogP contribution in [0.1, 0.15) is 9.75 Å². The Labute approximate surface area is 150 Å². The lowest BCUT2D eigenvalue weighted by molar-refractivity contribution is -0.123. The van der Waals surface area contributed by atoms with Crippen molar-refractivity contribution in [2.24, 2.45) is 0 Å². The second-order valence-corrected chi connectivity index (χ2v) is 6.69. The number of ether oxygens (including phenoxy) is 2. The summed E-state index contributed by atoms with van der Waals surface area (Å²) < 4.78 is 11.1. The van der Waals surface area contributed by atoms with E-state index in [-0.39, 0.29) is 12.5 Å². The van der Waals surface area contributed by atoms with Gasteiger partial charge in [-0.2, -0.15) is 0 Å². The molecule has 128 valence electrons. The fourth-order valence-electron chi connectivity index (χ4n) is 2.10. The molecule has 0 saturated heterocycles. The number of hydrogen-bond donors (Lipinski definition) is 1. The number of benzene rings is 1. The summed E-state index contributed by atoms with van der Waals surface area (Å²) in [6.07, 6.45) is 1.67. The highest BCUT2D eigenvalue weighted by Crippen LogP contribution is 2.22. The molecule has 0 bridgehead atoms. The third-order valence-electron chi connectivity index (χ3n) is 3.31. The number of amides is 1. The average molecular weight is 354 g/mol. The van der Waals surface area contributed by atoms with Crippen LogP contribution in [0.15, 0.2) is 60.8 Å². The Kier molecular flexibility index (Phi) is 5.64. The van der Waals surface area contributed by atoms with E-state index in [2.05, 4.69) is 10.3 Å². The highest BCUT2D eigenvalue weighted by Gasteiger charge is 2.05. The van der Waals surface area contributed by atoms with Crippen molar-refractivity contribution in [3.8, 4) is 17.4 Å². The molecule has 2 aromatic heterocycles. The first-order valence-electron chi connectivity index (χ1n) is 7.83. The SMILES string of the molecule is Cc1ccc(CNC(=O)COc2ccc(Oc3ccccn3)cc2)s1. The minimum absolute atomic E-state index is 0.0230. The highest BCUT2D eigenvalue weighted by atomic mass is 32.1. The van der Waals surface area contributed by atoms with Crippen LogP contribution in [0.5, 0.6) is 17.4 Å². The van der Waals surface area contributed by atoms with Crippen molar-refractivity contribution in [1.29, 1.82) is 0 Å². The van der Waals surface area contributed by atoms with Gasteiger partial charge in [-0.15, -0.1) is 11.3 Å². The fourth-order valence-corrected chi connectivity index (χ4v) is 2.93. The van der Waals surface area contributed by atoms with Crippen LogP contribution in [0.3, 0.4) is 0 Å². The van der Waals surface area contributed by atoms with Crippen molar-refractivity contribution in [2.45, 2.75) is 13.5 Å². The number of aryl methyl sites for hydroxylation is 1. The van der Waals surface area contributed by atoms with Crippen LogP contribution in [0.2, 0.25) is 0 Å². The Morgan fingerprint density at radius 1 is 1.08 bits per heavy atom. The van der Waals surface area contributed by atoms with Gasteiger partial charge in [0.05, 0.1) is 6.54 Å². The maximum Gasteiger partial charge on any atom is 0.258 e. The molecule has 0 unspecified atom stereocenters. The predicted molar refractivity (Wildman–Crippen MR) is 97.2 cm³/mol. The average Bonchev–Trinajstić information content (AvgIpc) is 3.06. The number of nitrogens with zero attached hydrogens (tertiary/aromatic N) is 1. The van der Waals surface area contributed by atoms with Gasteiger partial charge in [-0.1, -0.05) is 6.07 Å². The largest absolute Gasteiger partial charge is 0.484 e. The zero-order valence-corrected chi connectivity index (χ0v) is 14.6. The molecule has 0 atom stereocenters. The smallest absolute Gasteiger partial charge is 0.258 e. The monoisotopic (exact) mass is 354 g/mol. The molecule has 25 heavy (non-hydrogen) atoms. The molecule has 5 nitrogen and oxygen atoms in total. The second kappa shape index (κ2) is 8.30. The Morgan fingerprint density at radius 3 is 2.56 bits per heavy atom. The molecule has 0 aliphatic rings.